The van der Waals surface area contributed by atoms with Crippen molar-refractivity contribution in [3.63, 3.8) is 0 Å². The number of benzene rings is 2. The van der Waals surface area contributed by atoms with Gasteiger partial charge in [-0.3, -0.25) is 0 Å². The molecule has 1 aliphatic heterocycles. The Morgan fingerprint density at radius 3 is 2.41 bits per heavy atom. The molecule has 0 amide bonds. The van der Waals surface area contributed by atoms with E-state index in [0.29, 0.717) is 24.1 Å². The first-order chi connectivity index (χ1) is 13.1. The van der Waals surface area contributed by atoms with E-state index in [1.165, 1.54) is 5.56 Å². The summed E-state index contributed by atoms with van der Waals surface area (Å²) >= 11 is 0. The number of carbonyl (C=O) groups excluding carboxylic acids is 1. The molecule has 1 aliphatic rings. The number of esters is 1. The smallest absolute Gasteiger partial charge is 0.363 e. The van der Waals surface area contributed by atoms with E-state index < -0.39 is 5.97 Å². The summed E-state index contributed by atoms with van der Waals surface area (Å²) in [4.78, 5) is 16.5. The average Bonchev–Trinajstić information content (AvgIpc) is 3.03. The van der Waals surface area contributed by atoms with E-state index in [2.05, 4.69) is 37.9 Å². The molecule has 0 spiro atoms. The van der Waals surface area contributed by atoms with Crippen LogP contribution in [0.15, 0.2) is 59.2 Å². The van der Waals surface area contributed by atoms with Gasteiger partial charge in [0.25, 0.3) is 0 Å². The Bertz CT molecular complexity index is 846. The average molecular weight is 363 g/mol. The van der Waals surface area contributed by atoms with Crippen LogP contribution < -0.4 is 4.74 Å². The second-order valence-electron chi connectivity index (χ2n) is 6.88. The molecule has 4 nitrogen and oxygen atoms in total. The summed E-state index contributed by atoms with van der Waals surface area (Å²) in [6.45, 7) is 7.13. The van der Waals surface area contributed by atoms with Crippen molar-refractivity contribution in [3.8, 4) is 5.75 Å². The van der Waals surface area contributed by atoms with Crippen LogP contribution in [0.25, 0.3) is 6.08 Å². The SMILES string of the molecule is CCCCOc1ccc(C2=NC(=Cc3ccc(C(C)C)cc3)C(=O)O2)cc1. The van der Waals surface area contributed by atoms with Gasteiger partial charge < -0.3 is 9.47 Å². The predicted octanol–water partition coefficient (Wildman–Crippen LogP) is 5.33. The first-order valence-corrected chi connectivity index (χ1v) is 9.42. The number of hydrogen-bond acceptors (Lipinski definition) is 4. The van der Waals surface area contributed by atoms with Crippen molar-refractivity contribution >= 4 is 17.9 Å². The van der Waals surface area contributed by atoms with Gasteiger partial charge in [-0.15, -0.1) is 0 Å². The summed E-state index contributed by atoms with van der Waals surface area (Å²) in [6, 6.07) is 15.6. The largest absolute Gasteiger partial charge is 0.494 e. The van der Waals surface area contributed by atoms with E-state index in [-0.39, 0.29) is 0 Å². The van der Waals surface area contributed by atoms with Gasteiger partial charge in [-0.1, -0.05) is 51.5 Å². The standard InChI is InChI=1S/C23H25NO3/c1-4-5-14-26-20-12-10-19(11-13-20)22-24-21(23(25)27-22)15-17-6-8-18(9-7-17)16(2)3/h6-13,15-16H,4-5,14H2,1-3H3. The van der Waals surface area contributed by atoms with Crippen LogP contribution in [-0.2, 0) is 9.53 Å². The number of unbranched alkanes of at least 4 members (excludes halogenated alkanes) is 1. The number of carbonyl (C=O) groups is 1. The maximum atomic E-state index is 12.1. The quantitative estimate of drug-likeness (QED) is 0.379. The lowest BCUT2D eigenvalue weighted by Gasteiger charge is -2.05. The molecule has 0 aliphatic carbocycles. The molecule has 0 unspecified atom stereocenters. The molecule has 0 bridgehead atoms. The van der Waals surface area contributed by atoms with Crippen molar-refractivity contribution < 1.29 is 14.3 Å². The second kappa shape index (κ2) is 8.67. The summed E-state index contributed by atoms with van der Waals surface area (Å²) in [5, 5.41) is 0. The van der Waals surface area contributed by atoms with Crippen LogP contribution >= 0.6 is 0 Å². The van der Waals surface area contributed by atoms with Crippen LogP contribution in [0.3, 0.4) is 0 Å². The number of hydrogen-bond donors (Lipinski definition) is 0. The van der Waals surface area contributed by atoms with Gasteiger partial charge in [0.15, 0.2) is 5.70 Å². The molecule has 2 aromatic carbocycles. The number of aliphatic imine (C=N–C) groups is 1. The number of cyclic esters (lactones) is 1. The van der Waals surface area contributed by atoms with Gasteiger partial charge >= 0.3 is 5.97 Å². The molecule has 2 aromatic rings. The Morgan fingerprint density at radius 1 is 1.07 bits per heavy atom. The van der Waals surface area contributed by atoms with E-state index in [1.54, 1.807) is 6.08 Å². The third kappa shape index (κ3) is 4.85. The van der Waals surface area contributed by atoms with Gasteiger partial charge in [0.05, 0.1) is 6.61 Å². The van der Waals surface area contributed by atoms with Crippen molar-refractivity contribution in [2.24, 2.45) is 4.99 Å². The first kappa shape index (κ1) is 18.9. The highest BCUT2D eigenvalue weighted by Gasteiger charge is 2.24. The molecule has 0 atom stereocenters. The summed E-state index contributed by atoms with van der Waals surface area (Å²) in [6.07, 6.45) is 3.88. The zero-order valence-corrected chi connectivity index (χ0v) is 16.1. The summed E-state index contributed by atoms with van der Waals surface area (Å²) in [5.74, 6) is 1.17. The van der Waals surface area contributed by atoms with Gasteiger partial charge in [0.1, 0.15) is 5.75 Å². The van der Waals surface area contributed by atoms with Crippen molar-refractivity contribution in [1.82, 2.24) is 0 Å². The minimum absolute atomic E-state index is 0.311. The number of rotatable bonds is 7. The van der Waals surface area contributed by atoms with Gasteiger partial charge in [0.2, 0.25) is 5.90 Å². The number of nitrogens with zero attached hydrogens (tertiary/aromatic N) is 1. The van der Waals surface area contributed by atoms with Crippen LogP contribution in [0.5, 0.6) is 5.75 Å². The van der Waals surface area contributed by atoms with E-state index >= 15 is 0 Å². The minimum Gasteiger partial charge on any atom is -0.494 e. The lowest BCUT2D eigenvalue weighted by atomic mass is 10.0. The van der Waals surface area contributed by atoms with Crippen LogP contribution in [0, 0.1) is 0 Å². The van der Waals surface area contributed by atoms with Crippen molar-refractivity contribution in [2.45, 2.75) is 39.5 Å². The highest BCUT2D eigenvalue weighted by Crippen LogP contribution is 2.22. The van der Waals surface area contributed by atoms with E-state index in [9.17, 15) is 4.79 Å². The summed E-state index contributed by atoms with van der Waals surface area (Å²) in [7, 11) is 0. The Morgan fingerprint density at radius 2 is 1.78 bits per heavy atom. The van der Waals surface area contributed by atoms with Crippen LogP contribution in [-0.4, -0.2) is 18.5 Å². The fourth-order valence-electron chi connectivity index (χ4n) is 2.70. The molecule has 0 fully saturated rings. The summed E-state index contributed by atoms with van der Waals surface area (Å²) < 4.78 is 11.0. The molecule has 0 N–H and O–H groups in total. The molecule has 27 heavy (non-hydrogen) atoms. The lowest BCUT2D eigenvalue weighted by molar-refractivity contribution is -0.129. The van der Waals surface area contributed by atoms with Gasteiger partial charge in [-0.25, -0.2) is 9.79 Å². The topological polar surface area (TPSA) is 47.9 Å². The maximum absolute atomic E-state index is 12.1. The van der Waals surface area contributed by atoms with E-state index in [0.717, 1.165) is 29.7 Å². The number of ether oxygens (including phenoxy) is 2. The Hall–Kier alpha value is -2.88. The van der Waals surface area contributed by atoms with Crippen molar-refractivity contribution in [2.75, 3.05) is 6.61 Å². The van der Waals surface area contributed by atoms with Gasteiger partial charge in [-0.05, 0) is 53.8 Å². The fraction of sp³-hybridized carbons (Fsp3) is 0.304. The van der Waals surface area contributed by atoms with Crippen molar-refractivity contribution in [3.05, 3.63) is 70.9 Å². The normalized spacial score (nSPS) is 15.2. The first-order valence-electron chi connectivity index (χ1n) is 9.42. The third-order valence-electron chi connectivity index (χ3n) is 4.39. The van der Waals surface area contributed by atoms with Crippen molar-refractivity contribution in [1.29, 1.82) is 0 Å². The Balaban J connectivity index is 1.73. The van der Waals surface area contributed by atoms with Crippen LogP contribution in [0.4, 0.5) is 0 Å². The van der Waals surface area contributed by atoms with Gasteiger partial charge in [-0.2, -0.15) is 0 Å². The maximum Gasteiger partial charge on any atom is 0.363 e. The molecule has 3 rings (SSSR count). The van der Waals surface area contributed by atoms with Gasteiger partial charge in [0, 0.05) is 5.56 Å². The highest BCUT2D eigenvalue weighted by atomic mass is 16.6. The highest BCUT2D eigenvalue weighted by molar-refractivity contribution is 6.12. The van der Waals surface area contributed by atoms with Crippen LogP contribution in [0.2, 0.25) is 0 Å². The Kier molecular flexibility index (Phi) is 6.07. The predicted molar refractivity (Wildman–Crippen MR) is 108 cm³/mol. The molecule has 0 aromatic heterocycles. The zero-order chi connectivity index (χ0) is 19.2. The molecule has 4 heteroatoms. The third-order valence-corrected chi connectivity index (χ3v) is 4.39. The fourth-order valence-corrected chi connectivity index (χ4v) is 2.70. The molecule has 140 valence electrons. The zero-order valence-electron chi connectivity index (χ0n) is 16.1. The molecule has 0 saturated heterocycles. The second-order valence-corrected chi connectivity index (χ2v) is 6.88. The minimum atomic E-state index is -0.429. The Labute approximate surface area is 160 Å². The summed E-state index contributed by atoms with van der Waals surface area (Å²) in [5.41, 5.74) is 3.25. The molecule has 0 radical (unpaired) electrons. The van der Waals surface area contributed by atoms with E-state index in [4.69, 9.17) is 9.47 Å². The lowest BCUT2D eigenvalue weighted by Crippen LogP contribution is -2.05. The van der Waals surface area contributed by atoms with E-state index in [1.807, 2.05) is 36.4 Å². The molecule has 1 heterocycles. The monoisotopic (exact) mass is 363 g/mol. The molecular formula is C23H25NO3. The molecule has 0 saturated carbocycles. The molecular weight excluding hydrogens is 338 g/mol. The van der Waals surface area contributed by atoms with Crippen LogP contribution in [0.1, 0.15) is 56.2 Å².